The molecule has 2 aliphatic rings. The van der Waals surface area contributed by atoms with Crippen LogP contribution < -0.4 is 5.32 Å². The second-order valence-electron chi connectivity index (χ2n) is 5.36. The first-order chi connectivity index (χ1) is 9.74. The van der Waals surface area contributed by atoms with E-state index in [-0.39, 0.29) is 24.2 Å². The highest BCUT2D eigenvalue weighted by atomic mass is 32.2. The highest BCUT2D eigenvalue weighted by Gasteiger charge is 2.33. The normalized spacial score (nSPS) is 30.4. The number of carbonyl (C=O) groups excluding carboxylic acids is 1. The maximum Gasteiger partial charge on any atom is 0.240 e. The summed E-state index contributed by atoms with van der Waals surface area (Å²) in [6.45, 7) is 3.37. The number of ether oxygens (including phenoxy) is 1. The summed E-state index contributed by atoms with van der Waals surface area (Å²) in [4.78, 5) is 14.5. The van der Waals surface area contributed by atoms with Crippen molar-refractivity contribution in [3.8, 4) is 0 Å². The quantitative estimate of drug-likeness (QED) is 0.900. The summed E-state index contributed by atoms with van der Waals surface area (Å²) in [6.07, 6.45) is 0.0601. The lowest BCUT2D eigenvalue weighted by molar-refractivity contribution is -0.146. The molecule has 0 aromatic heterocycles. The smallest absolute Gasteiger partial charge is 0.240 e. The van der Waals surface area contributed by atoms with Gasteiger partial charge in [-0.15, -0.1) is 11.8 Å². The predicted octanol–water partition coefficient (Wildman–Crippen LogP) is 1.64. The number of nitrogens with one attached hydrogen (secondary N) is 1. The van der Waals surface area contributed by atoms with E-state index < -0.39 is 0 Å². The zero-order valence-electron chi connectivity index (χ0n) is 11.6. The van der Waals surface area contributed by atoms with Gasteiger partial charge in [-0.25, -0.2) is 0 Å². The molecule has 20 heavy (non-hydrogen) atoms. The van der Waals surface area contributed by atoms with Crippen LogP contribution in [0.5, 0.6) is 0 Å². The minimum absolute atomic E-state index is 0.0158. The summed E-state index contributed by atoms with van der Waals surface area (Å²) < 4.78 is 6.00. The summed E-state index contributed by atoms with van der Waals surface area (Å²) in [6, 6.07) is 10.1. The van der Waals surface area contributed by atoms with E-state index in [0.29, 0.717) is 13.1 Å². The van der Waals surface area contributed by atoms with Crippen molar-refractivity contribution in [2.24, 2.45) is 0 Å². The van der Waals surface area contributed by atoms with Crippen molar-refractivity contribution >= 4 is 17.7 Å². The molecule has 4 nitrogen and oxygen atoms in total. The van der Waals surface area contributed by atoms with E-state index in [1.165, 1.54) is 0 Å². The number of hydrogen-bond donors (Lipinski definition) is 1. The van der Waals surface area contributed by atoms with Crippen molar-refractivity contribution in [1.82, 2.24) is 10.2 Å². The molecule has 2 aliphatic heterocycles. The highest BCUT2D eigenvalue weighted by molar-refractivity contribution is 7.99. The lowest BCUT2D eigenvalue weighted by Crippen LogP contribution is -2.52. The Kier molecular flexibility index (Phi) is 4.29. The fourth-order valence-corrected chi connectivity index (χ4v) is 3.69. The third kappa shape index (κ3) is 3.00. The topological polar surface area (TPSA) is 41.6 Å². The van der Waals surface area contributed by atoms with Crippen LogP contribution in [0.1, 0.15) is 18.6 Å². The number of carbonyl (C=O) groups is 1. The van der Waals surface area contributed by atoms with Crippen LogP contribution in [0.25, 0.3) is 0 Å². The van der Waals surface area contributed by atoms with E-state index in [9.17, 15) is 4.79 Å². The minimum atomic E-state index is -0.0262. The molecule has 1 aromatic rings. The van der Waals surface area contributed by atoms with Crippen LogP contribution >= 0.6 is 11.8 Å². The van der Waals surface area contributed by atoms with Crippen molar-refractivity contribution in [1.29, 1.82) is 0 Å². The molecule has 108 valence electrons. The average Bonchev–Trinajstić information content (AvgIpc) is 3.01. The first kappa shape index (κ1) is 13.9. The molecule has 0 radical (unpaired) electrons. The predicted molar refractivity (Wildman–Crippen MR) is 80.6 cm³/mol. The van der Waals surface area contributed by atoms with Crippen LogP contribution in [-0.2, 0) is 9.53 Å². The number of morpholine rings is 1. The van der Waals surface area contributed by atoms with Gasteiger partial charge in [0.2, 0.25) is 5.91 Å². The number of benzene rings is 1. The zero-order chi connectivity index (χ0) is 13.9. The second-order valence-corrected chi connectivity index (χ2v) is 6.39. The van der Waals surface area contributed by atoms with E-state index >= 15 is 0 Å². The van der Waals surface area contributed by atoms with Crippen LogP contribution in [0.3, 0.4) is 0 Å². The van der Waals surface area contributed by atoms with Gasteiger partial charge in [0.1, 0.15) is 6.10 Å². The molecule has 0 bridgehead atoms. The van der Waals surface area contributed by atoms with Gasteiger partial charge in [0.25, 0.3) is 0 Å². The highest BCUT2D eigenvalue weighted by Crippen LogP contribution is 2.26. The van der Waals surface area contributed by atoms with Crippen LogP contribution in [0.15, 0.2) is 30.3 Å². The van der Waals surface area contributed by atoms with Crippen molar-refractivity contribution in [2.45, 2.75) is 25.2 Å². The number of amides is 1. The molecule has 3 atom stereocenters. The van der Waals surface area contributed by atoms with Gasteiger partial charge >= 0.3 is 0 Å². The van der Waals surface area contributed by atoms with Crippen LogP contribution in [0.4, 0.5) is 0 Å². The van der Waals surface area contributed by atoms with E-state index in [2.05, 4.69) is 17.4 Å². The van der Waals surface area contributed by atoms with E-state index in [1.807, 2.05) is 30.0 Å². The average molecular weight is 292 g/mol. The summed E-state index contributed by atoms with van der Waals surface area (Å²) in [5, 5.41) is 3.25. The molecule has 0 unspecified atom stereocenters. The third-order valence-electron chi connectivity index (χ3n) is 3.76. The Hall–Kier alpha value is -1.04. The molecule has 3 rings (SSSR count). The van der Waals surface area contributed by atoms with Gasteiger partial charge in [0, 0.05) is 18.2 Å². The second kappa shape index (κ2) is 6.16. The molecule has 2 fully saturated rings. The first-order valence-electron chi connectivity index (χ1n) is 7.04. The number of thioether (sulfide) groups is 1. The van der Waals surface area contributed by atoms with Gasteiger partial charge in [-0.05, 0) is 12.5 Å². The number of hydrogen-bond acceptors (Lipinski definition) is 4. The molecule has 1 amide bonds. The summed E-state index contributed by atoms with van der Waals surface area (Å²) >= 11 is 1.78. The van der Waals surface area contributed by atoms with Gasteiger partial charge < -0.3 is 9.64 Å². The standard InChI is InChI=1S/C15H20N2O2S/c1-11-7-17(15(18)13-9-20-10-16-13)8-14(19-11)12-5-3-2-4-6-12/h2-6,11,13-14,16H,7-10H2,1H3/t11-,13+,14+/m0/s1. The molecule has 5 heteroatoms. The third-order valence-corrected chi connectivity index (χ3v) is 4.70. The molecule has 2 heterocycles. The molecule has 2 saturated heterocycles. The Morgan fingerprint density at radius 3 is 2.85 bits per heavy atom. The lowest BCUT2D eigenvalue weighted by atomic mass is 10.1. The number of rotatable bonds is 2. The van der Waals surface area contributed by atoms with E-state index in [1.54, 1.807) is 11.8 Å². The van der Waals surface area contributed by atoms with Gasteiger partial charge in [-0.3, -0.25) is 10.1 Å². The Balaban J connectivity index is 1.71. The summed E-state index contributed by atoms with van der Waals surface area (Å²) in [5.74, 6) is 1.96. The van der Waals surface area contributed by atoms with Crippen molar-refractivity contribution in [3.63, 3.8) is 0 Å². The van der Waals surface area contributed by atoms with Crippen LogP contribution in [0.2, 0.25) is 0 Å². The summed E-state index contributed by atoms with van der Waals surface area (Å²) in [5.41, 5.74) is 1.14. The van der Waals surface area contributed by atoms with Gasteiger partial charge in [0.05, 0.1) is 18.7 Å². The van der Waals surface area contributed by atoms with Crippen LogP contribution in [0, 0.1) is 0 Å². The molecular weight excluding hydrogens is 272 g/mol. The van der Waals surface area contributed by atoms with Crippen LogP contribution in [-0.4, -0.2) is 47.7 Å². The maximum atomic E-state index is 12.5. The van der Waals surface area contributed by atoms with E-state index in [0.717, 1.165) is 17.2 Å². The molecule has 1 N–H and O–H groups in total. The number of nitrogens with zero attached hydrogens (tertiary/aromatic N) is 1. The monoisotopic (exact) mass is 292 g/mol. The van der Waals surface area contributed by atoms with Gasteiger partial charge in [-0.1, -0.05) is 30.3 Å². The fourth-order valence-electron chi connectivity index (χ4n) is 2.76. The minimum Gasteiger partial charge on any atom is -0.367 e. The largest absolute Gasteiger partial charge is 0.367 e. The Bertz CT molecular complexity index is 462. The Morgan fingerprint density at radius 2 is 2.15 bits per heavy atom. The fraction of sp³-hybridized carbons (Fsp3) is 0.533. The van der Waals surface area contributed by atoms with Gasteiger partial charge in [-0.2, -0.15) is 0 Å². The molecular formula is C15H20N2O2S. The Labute approximate surface area is 123 Å². The molecule has 1 aromatic carbocycles. The molecule has 0 saturated carbocycles. The Morgan fingerprint density at radius 1 is 1.35 bits per heavy atom. The van der Waals surface area contributed by atoms with E-state index in [4.69, 9.17) is 4.74 Å². The van der Waals surface area contributed by atoms with Crippen molar-refractivity contribution in [2.75, 3.05) is 24.7 Å². The van der Waals surface area contributed by atoms with Crippen molar-refractivity contribution in [3.05, 3.63) is 35.9 Å². The zero-order valence-corrected chi connectivity index (χ0v) is 12.4. The maximum absolute atomic E-state index is 12.5. The van der Waals surface area contributed by atoms with Crippen molar-refractivity contribution < 1.29 is 9.53 Å². The lowest BCUT2D eigenvalue weighted by Gasteiger charge is -2.38. The first-order valence-corrected chi connectivity index (χ1v) is 8.20. The molecule has 0 aliphatic carbocycles. The molecule has 0 spiro atoms. The summed E-state index contributed by atoms with van der Waals surface area (Å²) in [7, 11) is 0. The SMILES string of the molecule is C[C@H]1CN(C(=O)[C@H]2CSCN2)C[C@H](c2ccccc2)O1. The van der Waals surface area contributed by atoms with Gasteiger partial charge in [0.15, 0.2) is 0 Å².